The molecule has 0 heterocycles. The third-order valence-corrected chi connectivity index (χ3v) is 6.42. The smallest absolute Gasteiger partial charge is 0.328 e. The average Bonchev–Trinajstić information content (AvgIpc) is 3.22. The first-order chi connectivity index (χ1) is 13.4. The molecule has 0 spiro atoms. The molecule has 3 rings (SSSR count). The number of hydrogen-bond donors (Lipinski definition) is 4. The van der Waals surface area contributed by atoms with E-state index in [1.165, 1.54) is 37.8 Å². The van der Waals surface area contributed by atoms with E-state index in [-0.39, 0.29) is 22.2 Å². The zero-order chi connectivity index (χ0) is 20.3. The number of hydrogen-bond acceptors (Lipinski definition) is 3. The minimum Gasteiger partial charge on any atom is -0.480 e. The molecule has 1 atom stereocenters. The highest BCUT2D eigenvalue weighted by Gasteiger charge is 2.41. The number of benzene rings is 1. The lowest BCUT2D eigenvalue weighted by Crippen LogP contribution is -2.50. The number of carboxylic acids is 1. The number of fused-ring (bicyclic) bond motifs is 2. The first-order valence-corrected chi connectivity index (χ1v) is 10.1. The summed E-state index contributed by atoms with van der Waals surface area (Å²) >= 11 is 11.9. The van der Waals surface area contributed by atoms with Crippen LogP contribution in [0.2, 0.25) is 10.0 Å². The van der Waals surface area contributed by atoms with Gasteiger partial charge in [-0.2, -0.15) is 0 Å². The summed E-state index contributed by atoms with van der Waals surface area (Å²) in [5.41, 5.74) is -0.00163. The van der Waals surface area contributed by atoms with E-state index in [0.29, 0.717) is 24.3 Å². The molecule has 7 nitrogen and oxygen atoms in total. The predicted molar refractivity (Wildman–Crippen MR) is 106 cm³/mol. The number of rotatable bonds is 7. The Kier molecular flexibility index (Phi) is 6.67. The number of nitrogens with one attached hydrogen (secondary N) is 3. The van der Waals surface area contributed by atoms with Crippen molar-refractivity contribution in [1.82, 2.24) is 16.0 Å². The Hall–Kier alpha value is -1.99. The Balaban J connectivity index is 1.49. The van der Waals surface area contributed by atoms with Crippen molar-refractivity contribution < 1.29 is 19.5 Å². The standard InChI is InChI=1S/C19H23Cl2N3O4/c20-13-2-1-3-14(21)16(13)17(25)24-15(18(26)27)9-23-19(28)22-8-12-10-4-5-11(12)7-6-10/h1-3,10-12,15H,4-9H2,(H,24,25)(H,26,27)(H2,22,23,28)/t10?,11?,12?,15-/m0/s1. The van der Waals surface area contributed by atoms with Gasteiger partial charge in [0.2, 0.25) is 0 Å². The van der Waals surface area contributed by atoms with Crippen LogP contribution in [-0.2, 0) is 4.79 Å². The number of carbonyl (C=O) groups excluding carboxylic acids is 2. The molecule has 0 aromatic heterocycles. The summed E-state index contributed by atoms with van der Waals surface area (Å²) < 4.78 is 0. The summed E-state index contributed by atoms with van der Waals surface area (Å²) in [6.45, 7) is 0.340. The van der Waals surface area contributed by atoms with Crippen LogP contribution in [0.25, 0.3) is 0 Å². The first kappa shape index (κ1) is 20.7. The Morgan fingerprint density at radius 1 is 1.04 bits per heavy atom. The van der Waals surface area contributed by atoms with E-state index in [1.54, 1.807) is 6.07 Å². The Morgan fingerprint density at radius 2 is 1.61 bits per heavy atom. The molecule has 2 bridgehead atoms. The van der Waals surface area contributed by atoms with Gasteiger partial charge < -0.3 is 21.1 Å². The van der Waals surface area contributed by atoms with E-state index in [1.807, 2.05) is 0 Å². The molecule has 0 radical (unpaired) electrons. The highest BCUT2D eigenvalue weighted by molar-refractivity contribution is 6.39. The zero-order valence-corrected chi connectivity index (χ0v) is 16.7. The fourth-order valence-corrected chi connectivity index (χ4v) is 4.90. The minimum absolute atomic E-state index is 0.00163. The van der Waals surface area contributed by atoms with Gasteiger partial charge in [-0.3, -0.25) is 4.79 Å². The van der Waals surface area contributed by atoms with Crippen molar-refractivity contribution in [3.05, 3.63) is 33.8 Å². The molecule has 2 aliphatic rings. The minimum atomic E-state index is -1.31. The third kappa shape index (κ3) is 4.70. The second-order valence-corrected chi connectivity index (χ2v) is 8.20. The van der Waals surface area contributed by atoms with E-state index >= 15 is 0 Å². The summed E-state index contributed by atoms with van der Waals surface area (Å²) in [4.78, 5) is 35.9. The zero-order valence-electron chi connectivity index (χ0n) is 15.2. The molecule has 0 saturated heterocycles. The van der Waals surface area contributed by atoms with Crippen LogP contribution in [0.4, 0.5) is 4.79 Å². The Morgan fingerprint density at radius 3 is 2.14 bits per heavy atom. The third-order valence-electron chi connectivity index (χ3n) is 5.79. The quantitative estimate of drug-likeness (QED) is 0.536. The largest absolute Gasteiger partial charge is 0.480 e. The summed E-state index contributed by atoms with van der Waals surface area (Å²) in [5, 5.41) is 17.3. The maximum absolute atomic E-state index is 12.4. The molecule has 0 unspecified atom stereocenters. The number of aliphatic carboxylic acids is 1. The van der Waals surface area contributed by atoms with Crippen LogP contribution in [0.1, 0.15) is 36.0 Å². The van der Waals surface area contributed by atoms with Gasteiger partial charge in [0.05, 0.1) is 22.2 Å². The molecule has 152 valence electrons. The van der Waals surface area contributed by atoms with E-state index in [9.17, 15) is 19.5 Å². The topological polar surface area (TPSA) is 108 Å². The van der Waals surface area contributed by atoms with Crippen molar-refractivity contribution in [2.75, 3.05) is 13.1 Å². The lowest BCUT2D eigenvalue weighted by Gasteiger charge is -2.19. The fraction of sp³-hybridized carbons (Fsp3) is 0.526. The van der Waals surface area contributed by atoms with Crippen LogP contribution in [0, 0.1) is 17.8 Å². The van der Waals surface area contributed by atoms with Crippen LogP contribution >= 0.6 is 23.2 Å². The number of carbonyl (C=O) groups is 3. The molecule has 9 heteroatoms. The van der Waals surface area contributed by atoms with E-state index < -0.39 is 23.9 Å². The van der Waals surface area contributed by atoms with E-state index in [4.69, 9.17) is 23.2 Å². The van der Waals surface area contributed by atoms with Crippen molar-refractivity contribution in [1.29, 1.82) is 0 Å². The fourth-order valence-electron chi connectivity index (χ4n) is 4.33. The average molecular weight is 428 g/mol. The lowest BCUT2D eigenvalue weighted by molar-refractivity contribution is -0.139. The molecular weight excluding hydrogens is 405 g/mol. The van der Waals surface area contributed by atoms with Gasteiger partial charge in [-0.25, -0.2) is 9.59 Å². The van der Waals surface area contributed by atoms with Gasteiger partial charge in [0.1, 0.15) is 6.04 Å². The van der Waals surface area contributed by atoms with Crippen molar-refractivity contribution in [3.8, 4) is 0 Å². The molecule has 1 aromatic rings. The molecule has 2 aliphatic carbocycles. The Bertz CT molecular complexity index is 733. The summed E-state index contributed by atoms with van der Waals surface area (Å²) in [6, 6.07) is 2.80. The maximum Gasteiger partial charge on any atom is 0.328 e. The number of carboxylic acid groups (broad SMARTS) is 1. The summed E-state index contributed by atoms with van der Waals surface area (Å²) in [6.07, 6.45) is 4.93. The monoisotopic (exact) mass is 427 g/mol. The Labute approximate surface area is 173 Å². The number of amides is 3. The van der Waals surface area contributed by atoms with Crippen LogP contribution in [0.3, 0.4) is 0 Å². The molecule has 2 saturated carbocycles. The molecule has 0 aliphatic heterocycles. The van der Waals surface area contributed by atoms with Crippen molar-refractivity contribution >= 4 is 41.1 Å². The normalized spacial score (nSPS) is 23.9. The van der Waals surface area contributed by atoms with Gasteiger partial charge in [-0.15, -0.1) is 0 Å². The van der Waals surface area contributed by atoms with Gasteiger partial charge in [-0.05, 0) is 55.6 Å². The summed E-state index contributed by atoms with van der Waals surface area (Å²) in [5.74, 6) is -0.0880. The highest BCUT2D eigenvalue weighted by Crippen LogP contribution is 2.48. The molecule has 3 amide bonds. The van der Waals surface area contributed by atoms with Crippen molar-refractivity contribution in [3.63, 3.8) is 0 Å². The second-order valence-electron chi connectivity index (χ2n) is 7.39. The van der Waals surface area contributed by atoms with E-state index in [0.717, 1.165) is 0 Å². The molecular formula is C19H23Cl2N3O4. The SMILES string of the molecule is O=C(NCC1C2CCC1CC2)NC[C@H](NC(=O)c1c(Cl)cccc1Cl)C(=O)O. The van der Waals surface area contributed by atoms with Gasteiger partial charge in [0, 0.05) is 6.54 Å². The van der Waals surface area contributed by atoms with Crippen LogP contribution < -0.4 is 16.0 Å². The van der Waals surface area contributed by atoms with Gasteiger partial charge in [-0.1, -0.05) is 29.3 Å². The maximum atomic E-state index is 12.4. The summed E-state index contributed by atoms with van der Waals surface area (Å²) in [7, 11) is 0. The van der Waals surface area contributed by atoms with Gasteiger partial charge >= 0.3 is 12.0 Å². The van der Waals surface area contributed by atoms with Gasteiger partial charge in [0.25, 0.3) is 5.91 Å². The number of halogens is 2. The highest BCUT2D eigenvalue weighted by atomic mass is 35.5. The molecule has 28 heavy (non-hydrogen) atoms. The molecule has 4 N–H and O–H groups in total. The van der Waals surface area contributed by atoms with Crippen LogP contribution in [-0.4, -0.2) is 42.1 Å². The van der Waals surface area contributed by atoms with Crippen molar-refractivity contribution in [2.24, 2.45) is 17.8 Å². The predicted octanol–water partition coefficient (Wildman–Crippen LogP) is 2.91. The molecule has 1 aromatic carbocycles. The lowest BCUT2D eigenvalue weighted by atomic mass is 9.98. The van der Waals surface area contributed by atoms with Crippen LogP contribution in [0.15, 0.2) is 18.2 Å². The van der Waals surface area contributed by atoms with Crippen LogP contribution in [0.5, 0.6) is 0 Å². The number of urea groups is 1. The molecule has 2 fully saturated rings. The van der Waals surface area contributed by atoms with E-state index in [2.05, 4.69) is 16.0 Å². The first-order valence-electron chi connectivity index (χ1n) is 9.36. The van der Waals surface area contributed by atoms with Gasteiger partial charge in [0.15, 0.2) is 0 Å². The van der Waals surface area contributed by atoms with Crippen molar-refractivity contribution in [2.45, 2.75) is 31.7 Å². The second kappa shape index (κ2) is 9.01.